The van der Waals surface area contributed by atoms with E-state index < -0.39 is 11.9 Å². The number of carbonyl (C=O) groups excluding carboxylic acids is 2. The van der Waals surface area contributed by atoms with E-state index in [1.807, 2.05) is 30.3 Å². The van der Waals surface area contributed by atoms with Crippen LogP contribution in [-0.4, -0.2) is 25.2 Å². The molecule has 1 amide bonds. The number of amides is 1. The summed E-state index contributed by atoms with van der Waals surface area (Å²) < 4.78 is 10.8. The van der Waals surface area contributed by atoms with Crippen molar-refractivity contribution >= 4 is 40.5 Å². The van der Waals surface area contributed by atoms with E-state index in [-0.39, 0.29) is 11.3 Å². The van der Waals surface area contributed by atoms with Crippen LogP contribution in [0.25, 0.3) is 10.8 Å². The minimum absolute atomic E-state index is 0.251. The second-order valence-corrected chi connectivity index (χ2v) is 7.41. The second kappa shape index (κ2) is 9.97. The van der Waals surface area contributed by atoms with E-state index in [9.17, 15) is 9.59 Å². The summed E-state index contributed by atoms with van der Waals surface area (Å²) in [4.78, 5) is 25.2. The SMILES string of the molecule is COc1cccc(C(=O)N/N=C/c2c(OC(=O)c3ccccc3Cl)ccc3ccccc23)c1. The summed E-state index contributed by atoms with van der Waals surface area (Å²) in [5.41, 5.74) is 3.69. The van der Waals surface area contributed by atoms with E-state index in [1.165, 1.54) is 13.3 Å². The first kappa shape index (κ1) is 22.0. The van der Waals surface area contributed by atoms with Crippen LogP contribution in [0.5, 0.6) is 11.5 Å². The van der Waals surface area contributed by atoms with Gasteiger partial charge in [0.05, 0.1) is 23.9 Å². The van der Waals surface area contributed by atoms with Crippen molar-refractivity contribution in [2.24, 2.45) is 5.10 Å². The van der Waals surface area contributed by atoms with Crippen molar-refractivity contribution in [2.75, 3.05) is 7.11 Å². The average Bonchev–Trinajstić information content (AvgIpc) is 2.85. The number of carbonyl (C=O) groups is 2. The van der Waals surface area contributed by atoms with Crippen LogP contribution >= 0.6 is 11.6 Å². The Kier molecular flexibility index (Phi) is 6.66. The average molecular weight is 459 g/mol. The van der Waals surface area contributed by atoms with Gasteiger partial charge in [-0.1, -0.05) is 60.1 Å². The van der Waals surface area contributed by atoms with Crippen LogP contribution in [0, 0.1) is 0 Å². The van der Waals surface area contributed by atoms with Gasteiger partial charge in [0.25, 0.3) is 5.91 Å². The van der Waals surface area contributed by atoms with Gasteiger partial charge in [-0.2, -0.15) is 5.10 Å². The van der Waals surface area contributed by atoms with E-state index in [0.29, 0.717) is 21.9 Å². The van der Waals surface area contributed by atoms with Gasteiger partial charge in [-0.25, -0.2) is 10.2 Å². The molecule has 0 bridgehead atoms. The maximum Gasteiger partial charge on any atom is 0.345 e. The van der Waals surface area contributed by atoms with E-state index in [0.717, 1.165) is 10.8 Å². The Labute approximate surface area is 195 Å². The Morgan fingerprint density at radius 1 is 0.939 bits per heavy atom. The van der Waals surface area contributed by atoms with E-state index in [2.05, 4.69) is 10.5 Å². The van der Waals surface area contributed by atoms with E-state index in [1.54, 1.807) is 54.6 Å². The van der Waals surface area contributed by atoms with Crippen LogP contribution in [0.15, 0.2) is 90.0 Å². The monoisotopic (exact) mass is 458 g/mol. The van der Waals surface area contributed by atoms with Crippen molar-refractivity contribution in [1.29, 1.82) is 0 Å². The molecular weight excluding hydrogens is 440 g/mol. The number of halogens is 1. The molecule has 0 spiro atoms. The molecule has 4 aromatic rings. The van der Waals surface area contributed by atoms with Crippen molar-refractivity contribution < 1.29 is 19.1 Å². The lowest BCUT2D eigenvalue weighted by Crippen LogP contribution is -2.17. The number of benzene rings is 4. The zero-order chi connectivity index (χ0) is 23.2. The zero-order valence-electron chi connectivity index (χ0n) is 17.6. The Balaban J connectivity index is 1.63. The molecule has 1 N–H and O–H groups in total. The molecule has 0 saturated heterocycles. The largest absolute Gasteiger partial charge is 0.497 e. The number of esters is 1. The molecule has 7 heteroatoms. The van der Waals surface area contributed by atoms with Crippen LogP contribution in [-0.2, 0) is 0 Å². The summed E-state index contributed by atoms with van der Waals surface area (Å²) in [7, 11) is 1.53. The standard InChI is InChI=1S/C26H19ClN2O4/c1-32-19-9-6-8-18(15-19)25(30)29-28-16-22-20-10-3-2-7-17(20)13-14-24(22)33-26(31)21-11-4-5-12-23(21)27/h2-16H,1H3,(H,29,30)/b28-16+. The Morgan fingerprint density at radius 2 is 1.73 bits per heavy atom. The van der Waals surface area contributed by atoms with E-state index >= 15 is 0 Å². The van der Waals surface area contributed by atoms with Crippen molar-refractivity contribution in [3.63, 3.8) is 0 Å². The third-order valence-electron chi connectivity index (χ3n) is 4.92. The smallest absolute Gasteiger partial charge is 0.345 e. The van der Waals surface area contributed by atoms with Gasteiger partial charge < -0.3 is 9.47 Å². The van der Waals surface area contributed by atoms with Crippen LogP contribution in [0.2, 0.25) is 5.02 Å². The lowest BCUT2D eigenvalue weighted by molar-refractivity contribution is 0.0734. The Morgan fingerprint density at radius 3 is 2.55 bits per heavy atom. The lowest BCUT2D eigenvalue weighted by atomic mass is 10.0. The summed E-state index contributed by atoms with van der Waals surface area (Å²) in [6.07, 6.45) is 1.45. The number of rotatable bonds is 6. The summed E-state index contributed by atoms with van der Waals surface area (Å²) in [6.45, 7) is 0. The van der Waals surface area contributed by atoms with Gasteiger partial charge in [0.2, 0.25) is 0 Å². The van der Waals surface area contributed by atoms with Gasteiger partial charge in [0.1, 0.15) is 11.5 Å². The highest BCUT2D eigenvalue weighted by Gasteiger charge is 2.16. The molecule has 4 aromatic carbocycles. The maximum atomic E-state index is 12.7. The fraction of sp³-hybridized carbons (Fsp3) is 0.0385. The molecule has 0 saturated carbocycles. The molecule has 33 heavy (non-hydrogen) atoms. The summed E-state index contributed by atoms with van der Waals surface area (Å²) in [5, 5.41) is 6.13. The van der Waals surface area contributed by atoms with Crippen LogP contribution in [0.1, 0.15) is 26.3 Å². The van der Waals surface area contributed by atoms with Crippen LogP contribution in [0.4, 0.5) is 0 Å². The fourth-order valence-corrected chi connectivity index (χ4v) is 3.48. The lowest BCUT2D eigenvalue weighted by Gasteiger charge is -2.11. The Hall–Kier alpha value is -4.16. The van der Waals surface area contributed by atoms with E-state index in [4.69, 9.17) is 21.1 Å². The number of hydrogen-bond acceptors (Lipinski definition) is 5. The third kappa shape index (κ3) is 5.02. The topological polar surface area (TPSA) is 77.0 Å². The van der Waals surface area contributed by atoms with Crippen molar-refractivity contribution in [1.82, 2.24) is 5.43 Å². The number of hydrazone groups is 1. The molecule has 0 aliphatic rings. The highest BCUT2D eigenvalue weighted by molar-refractivity contribution is 6.33. The molecule has 0 aliphatic heterocycles. The van der Waals surface area contributed by atoms with Gasteiger partial charge in [0.15, 0.2) is 0 Å². The van der Waals surface area contributed by atoms with Crippen molar-refractivity contribution in [3.8, 4) is 11.5 Å². The highest BCUT2D eigenvalue weighted by atomic mass is 35.5. The summed E-state index contributed by atoms with van der Waals surface area (Å²) in [6, 6.07) is 24.5. The van der Waals surface area contributed by atoms with Crippen molar-refractivity contribution in [2.45, 2.75) is 0 Å². The Bertz CT molecular complexity index is 1370. The minimum Gasteiger partial charge on any atom is -0.497 e. The highest BCUT2D eigenvalue weighted by Crippen LogP contribution is 2.28. The quantitative estimate of drug-likeness (QED) is 0.179. The second-order valence-electron chi connectivity index (χ2n) is 7.00. The fourth-order valence-electron chi connectivity index (χ4n) is 3.26. The molecule has 0 aliphatic carbocycles. The maximum absolute atomic E-state index is 12.7. The third-order valence-corrected chi connectivity index (χ3v) is 5.25. The molecule has 164 valence electrons. The zero-order valence-corrected chi connectivity index (χ0v) is 18.4. The number of ether oxygens (including phenoxy) is 2. The normalized spacial score (nSPS) is 10.8. The number of nitrogens with one attached hydrogen (secondary N) is 1. The first-order valence-electron chi connectivity index (χ1n) is 10.0. The van der Waals surface area contributed by atoms with Gasteiger partial charge in [-0.05, 0) is 47.2 Å². The first-order chi connectivity index (χ1) is 16.1. The van der Waals surface area contributed by atoms with Crippen LogP contribution < -0.4 is 14.9 Å². The minimum atomic E-state index is -0.592. The molecule has 0 unspecified atom stereocenters. The molecule has 0 heterocycles. The predicted octanol–water partition coefficient (Wildman–Crippen LogP) is 5.48. The molecule has 0 radical (unpaired) electrons. The van der Waals surface area contributed by atoms with Gasteiger partial charge in [-0.3, -0.25) is 4.79 Å². The van der Waals surface area contributed by atoms with Crippen molar-refractivity contribution in [3.05, 3.63) is 107 Å². The summed E-state index contributed by atoms with van der Waals surface area (Å²) in [5.74, 6) is -0.140. The number of hydrogen-bond donors (Lipinski definition) is 1. The predicted molar refractivity (Wildman–Crippen MR) is 128 cm³/mol. The molecular formula is C26H19ClN2O4. The van der Waals surface area contributed by atoms with Gasteiger partial charge in [0, 0.05) is 11.1 Å². The number of nitrogens with zero attached hydrogens (tertiary/aromatic N) is 1. The molecule has 6 nitrogen and oxygen atoms in total. The molecule has 0 atom stereocenters. The summed E-state index contributed by atoms with van der Waals surface area (Å²) >= 11 is 6.13. The number of methoxy groups -OCH3 is 1. The first-order valence-corrected chi connectivity index (χ1v) is 10.4. The van der Waals surface area contributed by atoms with Crippen LogP contribution in [0.3, 0.4) is 0 Å². The molecule has 4 rings (SSSR count). The number of fused-ring (bicyclic) bond motifs is 1. The van der Waals surface area contributed by atoms with Gasteiger partial charge in [-0.15, -0.1) is 0 Å². The van der Waals surface area contributed by atoms with Gasteiger partial charge >= 0.3 is 5.97 Å². The molecule has 0 aromatic heterocycles. The molecule has 0 fully saturated rings.